The maximum absolute atomic E-state index is 13.3. The van der Waals surface area contributed by atoms with Gasteiger partial charge in [-0.2, -0.15) is 5.10 Å². The van der Waals surface area contributed by atoms with Gasteiger partial charge in [-0.05, 0) is 52.9 Å². The molecule has 0 saturated heterocycles. The first kappa shape index (κ1) is 27.0. The van der Waals surface area contributed by atoms with Crippen molar-refractivity contribution < 1.29 is 19.3 Å². The van der Waals surface area contributed by atoms with Crippen LogP contribution >= 0.6 is 0 Å². The summed E-state index contributed by atoms with van der Waals surface area (Å²) in [7, 11) is 6.68. The summed E-state index contributed by atoms with van der Waals surface area (Å²) in [6.07, 6.45) is 4.83. The van der Waals surface area contributed by atoms with Crippen molar-refractivity contribution in [2.24, 2.45) is 7.05 Å². The van der Waals surface area contributed by atoms with Crippen LogP contribution in [0.1, 0.15) is 22.3 Å². The van der Waals surface area contributed by atoms with E-state index >= 15 is 0 Å². The zero-order valence-electron chi connectivity index (χ0n) is 23.2. The zero-order valence-corrected chi connectivity index (χ0v) is 23.2. The number of fused-ring (bicyclic) bond motifs is 1. The number of hydrogen-bond donors (Lipinski definition) is 1. The molecule has 40 heavy (non-hydrogen) atoms. The van der Waals surface area contributed by atoms with E-state index in [1.807, 2.05) is 54.7 Å². The minimum absolute atomic E-state index is 0.120. The lowest BCUT2D eigenvalue weighted by molar-refractivity contribution is 0.299. The first-order valence-corrected chi connectivity index (χ1v) is 13.1. The number of aliphatic hydroxyl groups excluding tert-OH is 1. The summed E-state index contributed by atoms with van der Waals surface area (Å²) < 4.78 is 20.3. The van der Waals surface area contributed by atoms with Crippen LogP contribution in [0.25, 0.3) is 22.0 Å². The fourth-order valence-electron chi connectivity index (χ4n) is 5.02. The van der Waals surface area contributed by atoms with Crippen LogP contribution in [0, 0.1) is 0 Å². The Morgan fingerprint density at radius 1 is 0.850 bits per heavy atom. The molecule has 5 aromatic rings. The number of methoxy groups -OCH3 is 3. The summed E-state index contributed by atoms with van der Waals surface area (Å²) in [5.41, 5.74) is 6.26. The Hall–Kier alpha value is -4.56. The van der Waals surface area contributed by atoms with Gasteiger partial charge in [0.05, 0.1) is 34.1 Å². The number of rotatable bonds is 10. The molecule has 0 aliphatic rings. The molecule has 1 N–H and O–H groups in total. The third-order valence-electron chi connectivity index (χ3n) is 7.19. The molecule has 206 valence electrons. The van der Waals surface area contributed by atoms with Gasteiger partial charge in [0.2, 0.25) is 0 Å². The molecule has 0 aliphatic heterocycles. The van der Waals surface area contributed by atoms with Crippen molar-refractivity contribution in [3.8, 4) is 28.4 Å². The minimum atomic E-state index is -0.120. The van der Waals surface area contributed by atoms with Crippen molar-refractivity contribution in [3.05, 3.63) is 106 Å². The molecular weight excluding hydrogens is 506 g/mol. The number of aromatic nitrogens is 3. The molecule has 0 unspecified atom stereocenters. The molecular formula is C32H33N3O5. The highest BCUT2D eigenvalue weighted by Gasteiger charge is 2.19. The topological polar surface area (TPSA) is 87.7 Å². The number of hydrogen-bond acceptors (Lipinski definition) is 6. The second-order valence-electron chi connectivity index (χ2n) is 9.70. The minimum Gasteiger partial charge on any atom is -0.497 e. The maximum Gasteiger partial charge on any atom is 0.276 e. The fraction of sp³-hybridized carbons (Fsp3) is 0.250. The summed E-state index contributed by atoms with van der Waals surface area (Å²) in [6, 6.07) is 19.9. The van der Waals surface area contributed by atoms with Gasteiger partial charge < -0.3 is 23.9 Å². The molecule has 5 rings (SSSR count). The van der Waals surface area contributed by atoms with Gasteiger partial charge in [0, 0.05) is 42.8 Å². The maximum atomic E-state index is 13.3. The van der Waals surface area contributed by atoms with E-state index in [1.165, 1.54) is 0 Å². The van der Waals surface area contributed by atoms with Crippen molar-refractivity contribution in [1.82, 2.24) is 14.3 Å². The average Bonchev–Trinajstić information content (AvgIpc) is 3.40. The van der Waals surface area contributed by atoms with Crippen LogP contribution in [0.3, 0.4) is 0 Å². The summed E-state index contributed by atoms with van der Waals surface area (Å²) in [5, 5.41) is 14.6. The van der Waals surface area contributed by atoms with Gasteiger partial charge in [-0.3, -0.25) is 9.48 Å². The summed E-state index contributed by atoms with van der Waals surface area (Å²) in [4.78, 5) is 13.3. The second kappa shape index (κ2) is 11.7. The Morgan fingerprint density at radius 2 is 1.48 bits per heavy atom. The van der Waals surface area contributed by atoms with E-state index in [4.69, 9.17) is 14.2 Å². The quantitative estimate of drug-likeness (QED) is 0.279. The van der Waals surface area contributed by atoms with E-state index in [1.54, 1.807) is 43.8 Å². The SMILES string of the molecule is COc1ccc(Cn2ncc3c(-c4cc(OC)c(Cc5ccc(CCO)cc5)c(OC)c4)cn(C)c(=O)c32)cc1. The van der Waals surface area contributed by atoms with Crippen LogP contribution in [0.5, 0.6) is 17.2 Å². The standard InChI is InChI=1S/C32H33N3O5/c1-34-20-28(27-18-33-35(31(27)32(34)37)19-23-9-11-25(38-2)12-10-23)24-16-29(39-3)26(30(17-24)40-4)15-22-7-5-21(6-8-22)13-14-36/h5-12,16-18,20,36H,13-15,19H2,1-4H3. The first-order valence-electron chi connectivity index (χ1n) is 13.1. The molecule has 2 heterocycles. The molecule has 3 aromatic carbocycles. The Balaban J connectivity index is 1.56. The molecule has 8 heteroatoms. The van der Waals surface area contributed by atoms with E-state index in [-0.39, 0.29) is 12.2 Å². The van der Waals surface area contributed by atoms with Gasteiger partial charge in [-0.15, -0.1) is 0 Å². The van der Waals surface area contributed by atoms with Crippen molar-refractivity contribution in [1.29, 1.82) is 0 Å². The van der Waals surface area contributed by atoms with Crippen molar-refractivity contribution in [3.63, 3.8) is 0 Å². The molecule has 0 saturated carbocycles. The summed E-state index contributed by atoms with van der Waals surface area (Å²) >= 11 is 0. The van der Waals surface area contributed by atoms with Crippen LogP contribution in [0.15, 0.2) is 77.9 Å². The number of pyridine rings is 1. The second-order valence-corrected chi connectivity index (χ2v) is 9.70. The number of ether oxygens (including phenoxy) is 3. The number of nitrogens with zero attached hydrogens (tertiary/aromatic N) is 3. The summed E-state index contributed by atoms with van der Waals surface area (Å²) in [6.45, 7) is 0.579. The first-order chi connectivity index (χ1) is 19.4. The molecule has 0 spiro atoms. The molecule has 0 radical (unpaired) electrons. The molecule has 2 aromatic heterocycles. The zero-order chi connectivity index (χ0) is 28.2. The van der Waals surface area contributed by atoms with Gasteiger partial charge >= 0.3 is 0 Å². The van der Waals surface area contributed by atoms with E-state index in [2.05, 4.69) is 17.2 Å². The summed E-state index contributed by atoms with van der Waals surface area (Å²) in [5.74, 6) is 2.17. The van der Waals surface area contributed by atoms with Crippen LogP contribution < -0.4 is 19.8 Å². The van der Waals surface area contributed by atoms with Gasteiger partial charge in [-0.1, -0.05) is 36.4 Å². The molecule has 0 amide bonds. The monoisotopic (exact) mass is 539 g/mol. The van der Waals surface area contributed by atoms with Crippen molar-refractivity contribution in [2.75, 3.05) is 27.9 Å². The Morgan fingerprint density at radius 3 is 2.08 bits per heavy atom. The third-order valence-corrected chi connectivity index (χ3v) is 7.19. The van der Waals surface area contributed by atoms with E-state index in [0.29, 0.717) is 36.4 Å². The van der Waals surface area contributed by atoms with Gasteiger partial charge in [0.25, 0.3) is 5.56 Å². The van der Waals surface area contributed by atoms with Crippen molar-refractivity contribution in [2.45, 2.75) is 19.4 Å². The molecule has 0 atom stereocenters. The molecule has 8 nitrogen and oxygen atoms in total. The van der Waals surface area contributed by atoms with Crippen LogP contribution in [0.4, 0.5) is 0 Å². The number of aryl methyl sites for hydroxylation is 1. The van der Waals surface area contributed by atoms with Crippen molar-refractivity contribution >= 4 is 10.9 Å². The Kier molecular flexibility index (Phi) is 7.89. The van der Waals surface area contributed by atoms with Crippen LogP contribution in [0.2, 0.25) is 0 Å². The number of benzene rings is 3. The van der Waals surface area contributed by atoms with Gasteiger partial charge in [-0.25, -0.2) is 0 Å². The normalized spacial score (nSPS) is 11.1. The van der Waals surface area contributed by atoms with E-state index in [0.717, 1.165) is 44.5 Å². The lowest BCUT2D eigenvalue weighted by Crippen LogP contribution is -2.20. The smallest absolute Gasteiger partial charge is 0.276 e. The lowest BCUT2D eigenvalue weighted by Gasteiger charge is -2.17. The lowest BCUT2D eigenvalue weighted by atomic mass is 9.96. The van der Waals surface area contributed by atoms with Crippen LogP contribution in [-0.4, -0.2) is 47.4 Å². The molecule has 0 aliphatic carbocycles. The average molecular weight is 540 g/mol. The Labute approximate surface area is 233 Å². The Bertz CT molecular complexity index is 1660. The highest BCUT2D eigenvalue weighted by atomic mass is 16.5. The highest BCUT2D eigenvalue weighted by Crippen LogP contribution is 2.38. The van der Waals surface area contributed by atoms with Gasteiger partial charge in [0.15, 0.2) is 0 Å². The largest absolute Gasteiger partial charge is 0.497 e. The van der Waals surface area contributed by atoms with E-state index < -0.39 is 0 Å². The fourth-order valence-corrected chi connectivity index (χ4v) is 5.02. The van der Waals surface area contributed by atoms with Crippen LogP contribution in [-0.2, 0) is 26.4 Å². The number of aliphatic hydroxyl groups is 1. The molecule has 0 bridgehead atoms. The van der Waals surface area contributed by atoms with Gasteiger partial charge in [0.1, 0.15) is 22.8 Å². The molecule has 0 fully saturated rings. The third kappa shape index (κ3) is 5.31. The predicted molar refractivity (Wildman–Crippen MR) is 156 cm³/mol. The van der Waals surface area contributed by atoms with E-state index in [9.17, 15) is 9.90 Å². The predicted octanol–water partition coefficient (Wildman–Crippen LogP) is 4.60. The highest BCUT2D eigenvalue weighted by molar-refractivity contribution is 5.94.